The standard InChI is InChI=1S/C9H13N3O/c1-7(9(10)13)4-5-8-3-2-6-11-12-8/h2-3,6-7H,4-5H2,1H3,(H2,10,13)/t7-/m1/s1. The molecule has 0 aliphatic rings. The van der Waals surface area contributed by atoms with Gasteiger partial charge in [-0.25, -0.2) is 0 Å². The van der Waals surface area contributed by atoms with Crippen molar-refractivity contribution < 1.29 is 4.79 Å². The molecule has 1 heterocycles. The molecule has 1 aromatic heterocycles. The Morgan fingerprint density at radius 3 is 3.00 bits per heavy atom. The van der Waals surface area contributed by atoms with E-state index in [2.05, 4.69) is 10.2 Å². The number of rotatable bonds is 4. The summed E-state index contributed by atoms with van der Waals surface area (Å²) < 4.78 is 0. The first-order valence-corrected chi connectivity index (χ1v) is 4.26. The molecular formula is C9H13N3O. The number of aryl methyl sites for hydroxylation is 1. The first-order chi connectivity index (χ1) is 6.20. The zero-order valence-electron chi connectivity index (χ0n) is 7.60. The summed E-state index contributed by atoms with van der Waals surface area (Å²) in [6, 6.07) is 3.72. The van der Waals surface area contributed by atoms with Gasteiger partial charge in [-0.3, -0.25) is 4.79 Å². The van der Waals surface area contributed by atoms with Gasteiger partial charge in [0.05, 0.1) is 5.69 Å². The van der Waals surface area contributed by atoms with E-state index in [4.69, 9.17) is 5.73 Å². The maximum Gasteiger partial charge on any atom is 0.220 e. The molecule has 0 aliphatic carbocycles. The van der Waals surface area contributed by atoms with Crippen molar-refractivity contribution >= 4 is 5.91 Å². The zero-order chi connectivity index (χ0) is 9.68. The van der Waals surface area contributed by atoms with Crippen LogP contribution in [0.5, 0.6) is 0 Å². The average Bonchev–Trinajstić information content (AvgIpc) is 2.15. The van der Waals surface area contributed by atoms with E-state index in [-0.39, 0.29) is 11.8 Å². The highest BCUT2D eigenvalue weighted by molar-refractivity contribution is 5.76. The Bertz CT molecular complexity index is 273. The second-order valence-electron chi connectivity index (χ2n) is 3.06. The molecule has 0 saturated heterocycles. The third-order valence-corrected chi connectivity index (χ3v) is 1.95. The third kappa shape index (κ3) is 3.19. The Hall–Kier alpha value is -1.45. The van der Waals surface area contributed by atoms with Crippen molar-refractivity contribution in [2.75, 3.05) is 0 Å². The molecule has 0 saturated carbocycles. The van der Waals surface area contributed by atoms with Gasteiger partial charge in [0, 0.05) is 12.1 Å². The van der Waals surface area contributed by atoms with E-state index in [1.807, 2.05) is 19.1 Å². The first kappa shape index (κ1) is 9.64. The molecule has 0 radical (unpaired) electrons. The topological polar surface area (TPSA) is 68.9 Å². The molecule has 0 aromatic carbocycles. The number of carbonyl (C=O) groups excluding carboxylic acids is 1. The van der Waals surface area contributed by atoms with E-state index in [0.717, 1.165) is 18.5 Å². The first-order valence-electron chi connectivity index (χ1n) is 4.26. The van der Waals surface area contributed by atoms with Crippen LogP contribution in [0.25, 0.3) is 0 Å². The van der Waals surface area contributed by atoms with Crippen molar-refractivity contribution in [2.24, 2.45) is 11.7 Å². The fourth-order valence-corrected chi connectivity index (χ4v) is 0.973. The van der Waals surface area contributed by atoms with Crippen LogP contribution < -0.4 is 5.73 Å². The molecule has 2 N–H and O–H groups in total. The van der Waals surface area contributed by atoms with Gasteiger partial charge < -0.3 is 5.73 Å². The number of hydrogen-bond donors (Lipinski definition) is 1. The van der Waals surface area contributed by atoms with Gasteiger partial charge in [-0.15, -0.1) is 0 Å². The fourth-order valence-electron chi connectivity index (χ4n) is 0.973. The minimum absolute atomic E-state index is 0.0954. The van der Waals surface area contributed by atoms with E-state index in [9.17, 15) is 4.79 Å². The molecule has 4 heteroatoms. The SMILES string of the molecule is C[C@H](CCc1cccnn1)C(N)=O. The summed E-state index contributed by atoms with van der Waals surface area (Å²) in [5, 5.41) is 7.65. The van der Waals surface area contributed by atoms with E-state index >= 15 is 0 Å². The Morgan fingerprint density at radius 1 is 1.69 bits per heavy atom. The molecule has 1 aromatic rings. The number of nitrogens with zero attached hydrogens (tertiary/aromatic N) is 2. The molecular weight excluding hydrogens is 166 g/mol. The Morgan fingerprint density at radius 2 is 2.46 bits per heavy atom. The largest absolute Gasteiger partial charge is 0.369 e. The van der Waals surface area contributed by atoms with Crippen molar-refractivity contribution in [3.8, 4) is 0 Å². The maximum absolute atomic E-state index is 10.7. The van der Waals surface area contributed by atoms with E-state index in [1.54, 1.807) is 6.20 Å². The van der Waals surface area contributed by atoms with Crippen LogP contribution in [0.4, 0.5) is 0 Å². The van der Waals surface area contributed by atoms with Gasteiger partial charge in [0.15, 0.2) is 0 Å². The van der Waals surface area contributed by atoms with Crippen molar-refractivity contribution in [1.82, 2.24) is 10.2 Å². The number of primary amides is 1. The molecule has 0 unspecified atom stereocenters. The van der Waals surface area contributed by atoms with E-state index in [0.29, 0.717) is 0 Å². The Balaban J connectivity index is 2.39. The lowest BCUT2D eigenvalue weighted by atomic mass is 10.0. The second-order valence-corrected chi connectivity index (χ2v) is 3.06. The summed E-state index contributed by atoms with van der Waals surface area (Å²) in [6.07, 6.45) is 3.10. The van der Waals surface area contributed by atoms with Crippen molar-refractivity contribution in [2.45, 2.75) is 19.8 Å². The van der Waals surface area contributed by atoms with Crippen LogP contribution in [0.15, 0.2) is 18.3 Å². The summed E-state index contributed by atoms with van der Waals surface area (Å²) in [5.41, 5.74) is 6.02. The van der Waals surface area contributed by atoms with Crippen LogP contribution in [0.3, 0.4) is 0 Å². The molecule has 0 aliphatic heterocycles. The minimum atomic E-state index is -0.260. The summed E-state index contributed by atoms with van der Waals surface area (Å²) >= 11 is 0. The molecule has 0 bridgehead atoms. The number of amides is 1. The highest BCUT2D eigenvalue weighted by Crippen LogP contribution is 2.05. The molecule has 0 fully saturated rings. The number of carbonyl (C=O) groups is 1. The van der Waals surface area contributed by atoms with Gasteiger partial charge in [0.2, 0.25) is 5.91 Å². The van der Waals surface area contributed by atoms with Gasteiger partial charge in [-0.2, -0.15) is 10.2 Å². The Labute approximate surface area is 77.2 Å². The van der Waals surface area contributed by atoms with Crippen LogP contribution >= 0.6 is 0 Å². The van der Waals surface area contributed by atoms with Gasteiger partial charge >= 0.3 is 0 Å². The molecule has 1 amide bonds. The van der Waals surface area contributed by atoms with Crippen LogP contribution in [-0.4, -0.2) is 16.1 Å². The molecule has 1 rings (SSSR count). The summed E-state index contributed by atoms with van der Waals surface area (Å²) in [6.45, 7) is 1.82. The predicted molar refractivity (Wildman–Crippen MR) is 48.7 cm³/mol. The fraction of sp³-hybridized carbons (Fsp3) is 0.444. The number of aromatic nitrogens is 2. The molecule has 1 atom stereocenters. The minimum Gasteiger partial charge on any atom is -0.369 e. The molecule has 0 spiro atoms. The van der Waals surface area contributed by atoms with E-state index < -0.39 is 0 Å². The molecule has 13 heavy (non-hydrogen) atoms. The average molecular weight is 179 g/mol. The maximum atomic E-state index is 10.7. The summed E-state index contributed by atoms with van der Waals surface area (Å²) in [5.74, 6) is -0.356. The predicted octanol–water partition coefficient (Wildman–Crippen LogP) is 0.531. The normalized spacial score (nSPS) is 12.4. The second kappa shape index (κ2) is 4.54. The lowest BCUT2D eigenvalue weighted by Crippen LogP contribution is -2.21. The molecule has 70 valence electrons. The quantitative estimate of drug-likeness (QED) is 0.733. The van der Waals surface area contributed by atoms with Crippen LogP contribution in [0, 0.1) is 5.92 Å². The highest BCUT2D eigenvalue weighted by atomic mass is 16.1. The lowest BCUT2D eigenvalue weighted by Gasteiger charge is -2.04. The Kier molecular flexibility index (Phi) is 3.37. The summed E-state index contributed by atoms with van der Waals surface area (Å²) in [7, 11) is 0. The van der Waals surface area contributed by atoms with Gasteiger partial charge in [-0.1, -0.05) is 6.92 Å². The third-order valence-electron chi connectivity index (χ3n) is 1.95. The van der Waals surface area contributed by atoms with Crippen molar-refractivity contribution in [3.63, 3.8) is 0 Å². The van der Waals surface area contributed by atoms with Crippen LogP contribution in [0.1, 0.15) is 19.0 Å². The number of nitrogens with two attached hydrogens (primary N) is 1. The highest BCUT2D eigenvalue weighted by Gasteiger charge is 2.08. The zero-order valence-corrected chi connectivity index (χ0v) is 7.60. The van der Waals surface area contributed by atoms with Gasteiger partial charge in [-0.05, 0) is 25.0 Å². The van der Waals surface area contributed by atoms with Crippen molar-refractivity contribution in [1.29, 1.82) is 0 Å². The van der Waals surface area contributed by atoms with Gasteiger partial charge in [0.25, 0.3) is 0 Å². The lowest BCUT2D eigenvalue weighted by molar-refractivity contribution is -0.121. The van der Waals surface area contributed by atoms with Crippen LogP contribution in [-0.2, 0) is 11.2 Å². The molecule has 4 nitrogen and oxygen atoms in total. The summed E-state index contributed by atoms with van der Waals surface area (Å²) in [4.78, 5) is 10.7. The number of hydrogen-bond acceptors (Lipinski definition) is 3. The van der Waals surface area contributed by atoms with Gasteiger partial charge in [0.1, 0.15) is 0 Å². The van der Waals surface area contributed by atoms with Crippen molar-refractivity contribution in [3.05, 3.63) is 24.0 Å². The van der Waals surface area contributed by atoms with Crippen LogP contribution in [0.2, 0.25) is 0 Å². The monoisotopic (exact) mass is 179 g/mol. The smallest absolute Gasteiger partial charge is 0.220 e. The van der Waals surface area contributed by atoms with E-state index in [1.165, 1.54) is 0 Å².